The standard InChI is InChI=1S/C10H7N5O3S2/c16-8(17)1-5-3-19-10(12-5)20-7-2-6-13-14-9(18)15(6)4-11-7/h2-4H,1H2,(H,14,18)(H,16,17). The summed E-state index contributed by atoms with van der Waals surface area (Å²) >= 11 is 2.64. The summed E-state index contributed by atoms with van der Waals surface area (Å²) in [7, 11) is 0. The lowest BCUT2D eigenvalue weighted by Crippen LogP contribution is -2.09. The summed E-state index contributed by atoms with van der Waals surface area (Å²) in [6.07, 6.45) is 1.29. The zero-order valence-electron chi connectivity index (χ0n) is 9.81. The fourth-order valence-electron chi connectivity index (χ4n) is 1.51. The Balaban J connectivity index is 1.83. The van der Waals surface area contributed by atoms with Crippen LogP contribution in [0, 0.1) is 0 Å². The number of aromatic nitrogens is 5. The first-order valence-corrected chi connectivity index (χ1v) is 7.08. The number of H-pyrrole nitrogens is 1. The molecule has 3 rings (SSSR count). The lowest BCUT2D eigenvalue weighted by molar-refractivity contribution is -0.136. The van der Waals surface area contributed by atoms with Gasteiger partial charge in [-0.2, -0.15) is 5.10 Å². The van der Waals surface area contributed by atoms with Gasteiger partial charge in [-0.25, -0.2) is 24.3 Å². The van der Waals surface area contributed by atoms with E-state index in [9.17, 15) is 9.59 Å². The molecule has 0 unspecified atom stereocenters. The van der Waals surface area contributed by atoms with Crippen molar-refractivity contribution in [2.24, 2.45) is 0 Å². The van der Waals surface area contributed by atoms with Gasteiger partial charge in [-0.05, 0) is 11.8 Å². The Bertz CT molecular complexity index is 837. The van der Waals surface area contributed by atoms with Gasteiger partial charge in [-0.15, -0.1) is 11.3 Å². The van der Waals surface area contributed by atoms with Gasteiger partial charge in [0.25, 0.3) is 0 Å². The van der Waals surface area contributed by atoms with Gasteiger partial charge in [0.2, 0.25) is 0 Å². The molecule has 0 aliphatic carbocycles. The van der Waals surface area contributed by atoms with E-state index < -0.39 is 5.97 Å². The molecule has 20 heavy (non-hydrogen) atoms. The number of rotatable bonds is 4. The number of nitrogens with one attached hydrogen (secondary N) is 1. The minimum absolute atomic E-state index is 0.0989. The Morgan fingerprint density at radius 2 is 2.40 bits per heavy atom. The average molecular weight is 309 g/mol. The third-order valence-electron chi connectivity index (χ3n) is 2.34. The lowest BCUT2D eigenvalue weighted by Gasteiger charge is -1.96. The van der Waals surface area contributed by atoms with Gasteiger partial charge in [0, 0.05) is 11.4 Å². The number of thiazole rings is 1. The molecule has 3 aromatic rings. The van der Waals surface area contributed by atoms with Gasteiger partial charge < -0.3 is 5.11 Å². The highest BCUT2D eigenvalue weighted by Gasteiger charge is 2.09. The molecule has 0 radical (unpaired) electrons. The average Bonchev–Trinajstić information content (AvgIpc) is 2.97. The molecule has 0 aliphatic rings. The molecule has 0 atom stereocenters. The maximum absolute atomic E-state index is 11.3. The van der Waals surface area contributed by atoms with Crippen LogP contribution in [-0.4, -0.2) is 35.6 Å². The summed E-state index contributed by atoms with van der Waals surface area (Å²) in [5.74, 6) is -0.915. The number of carboxylic acids is 1. The maximum Gasteiger partial charge on any atom is 0.348 e. The molecular formula is C10H7N5O3S2. The number of fused-ring (bicyclic) bond motifs is 1. The van der Waals surface area contributed by atoms with Crippen molar-refractivity contribution in [1.82, 2.24) is 24.6 Å². The Kier molecular flexibility index (Phi) is 3.24. The maximum atomic E-state index is 11.3. The molecule has 0 bridgehead atoms. The predicted octanol–water partition coefficient (Wildman–Crippen LogP) is 0.652. The van der Waals surface area contributed by atoms with Crippen molar-refractivity contribution in [1.29, 1.82) is 0 Å². The van der Waals surface area contributed by atoms with E-state index in [0.29, 0.717) is 20.7 Å². The molecule has 0 fully saturated rings. The highest BCUT2D eigenvalue weighted by Crippen LogP contribution is 2.29. The number of aromatic amines is 1. The minimum atomic E-state index is -0.915. The third-order valence-corrected chi connectivity index (χ3v) is 4.26. The third kappa shape index (κ3) is 2.56. The van der Waals surface area contributed by atoms with E-state index in [2.05, 4.69) is 20.2 Å². The van der Waals surface area contributed by atoms with Crippen LogP contribution in [0.25, 0.3) is 5.65 Å². The van der Waals surface area contributed by atoms with Crippen molar-refractivity contribution >= 4 is 34.7 Å². The smallest absolute Gasteiger partial charge is 0.348 e. The molecule has 102 valence electrons. The van der Waals surface area contributed by atoms with E-state index in [0.717, 1.165) is 0 Å². The molecule has 3 heterocycles. The first-order chi connectivity index (χ1) is 9.61. The van der Waals surface area contributed by atoms with E-state index in [1.807, 2.05) is 0 Å². The van der Waals surface area contributed by atoms with E-state index in [-0.39, 0.29) is 12.1 Å². The van der Waals surface area contributed by atoms with E-state index in [1.54, 1.807) is 11.4 Å². The van der Waals surface area contributed by atoms with Gasteiger partial charge >= 0.3 is 11.7 Å². The van der Waals surface area contributed by atoms with Crippen LogP contribution in [0.3, 0.4) is 0 Å². The monoisotopic (exact) mass is 309 g/mol. The van der Waals surface area contributed by atoms with Crippen LogP contribution < -0.4 is 5.69 Å². The fraction of sp³-hybridized carbons (Fsp3) is 0.100. The minimum Gasteiger partial charge on any atom is -0.481 e. The van der Waals surface area contributed by atoms with Crippen LogP contribution >= 0.6 is 23.1 Å². The van der Waals surface area contributed by atoms with E-state index in [1.165, 1.54) is 33.8 Å². The topological polar surface area (TPSA) is 113 Å². The summed E-state index contributed by atoms with van der Waals surface area (Å²) in [5.41, 5.74) is 0.638. The van der Waals surface area contributed by atoms with E-state index >= 15 is 0 Å². The van der Waals surface area contributed by atoms with Crippen molar-refractivity contribution in [3.8, 4) is 0 Å². The summed E-state index contributed by atoms with van der Waals surface area (Å²) in [6.45, 7) is 0. The highest BCUT2D eigenvalue weighted by molar-refractivity contribution is 8.01. The van der Waals surface area contributed by atoms with Gasteiger partial charge in [0.1, 0.15) is 11.4 Å². The van der Waals surface area contributed by atoms with Crippen molar-refractivity contribution in [3.05, 3.63) is 34.0 Å². The first kappa shape index (κ1) is 12.8. The van der Waals surface area contributed by atoms with Crippen molar-refractivity contribution in [2.45, 2.75) is 15.8 Å². The van der Waals surface area contributed by atoms with Crippen LogP contribution in [0.1, 0.15) is 5.69 Å². The summed E-state index contributed by atoms with van der Waals surface area (Å²) in [4.78, 5) is 30.2. The van der Waals surface area contributed by atoms with Gasteiger partial charge in [-0.1, -0.05) is 0 Å². The predicted molar refractivity (Wildman–Crippen MR) is 71.2 cm³/mol. The second kappa shape index (κ2) is 5.06. The van der Waals surface area contributed by atoms with Gasteiger partial charge in [-0.3, -0.25) is 4.79 Å². The van der Waals surface area contributed by atoms with Crippen LogP contribution in [0.4, 0.5) is 0 Å². The largest absolute Gasteiger partial charge is 0.481 e. The Labute approximate surface area is 119 Å². The zero-order chi connectivity index (χ0) is 14.1. The summed E-state index contributed by atoms with van der Waals surface area (Å²) in [6, 6.07) is 1.65. The lowest BCUT2D eigenvalue weighted by atomic mass is 10.3. The molecular weight excluding hydrogens is 302 g/mol. The number of hydrogen-bond donors (Lipinski definition) is 2. The molecule has 0 spiro atoms. The number of hydrogen-bond acceptors (Lipinski definition) is 7. The van der Waals surface area contributed by atoms with Crippen molar-refractivity contribution in [2.75, 3.05) is 0 Å². The molecule has 8 nitrogen and oxygen atoms in total. The normalized spacial score (nSPS) is 11.0. The van der Waals surface area contributed by atoms with Crippen LogP contribution in [0.5, 0.6) is 0 Å². The summed E-state index contributed by atoms with van der Waals surface area (Å²) < 4.78 is 1.98. The number of carboxylic acid groups (broad SMARTS) is 1. The first-order valence-electron chi connectivity index (χ1n) is 5.38. The van der Waals surface area contributed by atoms with Gasteiger partial charge in [0.15, 0.2) is 9.99 Å². The second-order valence-corrected chi connectivity index (χ2v) is 5.89. The Morgan fingerprint density at radius 1 is 1.55 bits per heavy atom. The van der Waals surface area contributed by atoms with Crippen molar-refractivity contribution < 1.29 is 9.90 Å². The van der Waals surface area contributed by atoms with Gasteiger partial charge in [0.05, 0.1) is 12.1 Å². The van der Waals surface area contributed by atoms with Crippen molar-refractivity contribution in [3.63, 3.8) is 0 Å². The number of carbonyl (C=O) groups is 1. The van der Waals surface area contributed by atoms with Crippen LogP contribution in [0.15, 0.2) is 31.9 Å². The fourth-order valence-corrected chi connectivity index (χ4v) is 3.25. The molecule has 2 N–H and O–H groups in total. The number of nitrogens with zero attached hydrogens (tertiary/aromatic N) is 4. The molecule has 3 aromatic heterocycles. The summed E-state index contributed by atoms with van der Waals surface area (Å²) in [5, 5.41) is 17.2. The molecule has 10 heteroatoms. The molecule has 0 saturated carbocycles. The quantitative estimate of drug-likeness (QED) is 0.680. The Morgan fingerprint density at radius 3 is 3.20 bits per heavy atom. The SMILES string of the molecule is O=C(O)Cc1csc(Sc2cc3n[nH]c(=O)n3cn2)n1. The highest BCUT2D eigenvalue weighted by atomic mass is 32.2. The zero-order valence-corrected chi connectivity index (χ0v) is 11.4. The Hall–Kier alpha value is -2.20. The van der Waals surface area contributed by atoms with Crippen LogP contribution in [0.2, 0.25) is 0 Å². The van der Waals surface area contributed by atoms with Crippen LogP contribution in [-0.2, 0) is 11.2 Å². The second-order valence-electron chi connectivity index (χ2n) is 3.76. The number of aliphatic carboxylic acids is 1. The molecule has 0 aromatic carbocycles. The van der Waals surface area contributed by atoms with E-state index in [4.69, 9.17) is 5.11 Å². The molecule has 0 saturated heterocycles. The molecule has 0 aliphatic heterocycles. The molecule has 0 amide bonds.